The number of hydrogen-bond donors (Lipinski definition) is 2. The quantitative estimate of drug-likeness (QED) is 0.735. The molecule has 0 aliphatic heterocycles. The smallest absolute Gasteiger partial charge is 0.271 e. The topological polar surface area (TPSA) is 67.2 Å². The zero-order chi connectivity index (χ0) is 17.8. The van der Waals surface area contributed by atoms with Crippen LogP contribution in [0, 0.1) is 5.82 Å². The van der Waals surface area contributed by atoms with Crippen LogP contribution in [-0.2, 0) is 0 Å². The molecule has 1 aromatic heterocycles. The number of hydrogen-bond acceptors (Lipinski definition) is 3. The molecule has 3 rings (SSSR count). The van der Waals surface area contributed by atoms with Crippen LogP contribution in [0.25, 0.3) is 5.69 Å². The van der Waals surface area contributed by atoms with E-state index < -0.39 is 17.8 Å². The highest BCUT2D eigenvalue weighted by molar-refractivity contribution is 6.32. The van der Waals surface area contributed by atoms with Gasteiger partial charge in [0.1, 0.15) is 5.82 Å². The van der Waals surface area contributed by atoms with E-state index in [-0.39, 0.29) is 12.2 Å². The SMILES string of the molecule is O=C(NCC(O)c1cccc(F)c1)c1ccn(-c2ccccc2Cl)n1. The summed E-state index contributed by atoms with van der Waals surface area (Å²) in [6.45, 7) is -0.0543. The van der Waals surface area contributed by atoms with E-state index in [1.54, 1.807) is 36.5 Å². The number of amides is 1. The maximum atomic E-state index is 13.2. The average Bonchev–Trinajstić information content (AvgIpc) is 3.09. The number of nitrogens with one attached hydrogen (secondary N) is 1. The predicted molar refractivity (Wildman–Crippen MR) is 92.3 cm³/mol. The van der Waals surface area contributed by atoms with Crippen molar-refractivity contribution in [2.24, 2.45) is 0 Å². The molecule has 2 N–H and O–H groups in total. The molecular formula is C18H15ClFN3O2. The lowest BCUT2D eigenvalue weighted by atomic mass is 10.1. The van der Waals surface area contributed by atoms with Gasteiger partial charge in [-0.05, 0) is 35.9 Å². The van der Waals surface area contributed by atoms with Gasteiger partial charge in [0, 0.05) is 12.7 Å². The lowest BCUT2D eigenvalue weighted by molar-refractivity contribution is 0.0911. The standard InChI is InChI=1S/C18H15ClFN3O2/c19-14-6-1-2-7-16(14)23-9-8-15(22-23)18(25)21-11-17(24)12-4-3-5-13(20)10-12/h1-10,17,24H,11H2,(H,21,25). The third-order valence-corrected chi connectivity index (χ3v) is 3.93. The molecule has 2 aromatic carbocycles. The molecule has 1 unspecified atom stereocenters. The van der Waals surface area contributed by atoms with Gasteiger partial charge < -0.3 is 10.4 Å². The normalized spacial score (nSPS) is 12.0. The molecule has 0 aliphatic carbocycles. The van der Waals surface area contributed by atoms with Crippen LogP contribution in [0.3, 0.4) is 0 Å². The molecule has 25 heavy (non-hydrogen) atoms. The second kappa shape index (κ2) is 7.46. The highest BCUT2D eigenvalue weighted by Gasteiger charge is 2.14. The third-order valence-electron chi connectivity index (χ3n) is 3.61. The second-order valence-electron chi connectivity index (χ2n) is 5.38. The van der Waals surface area contributed by atoms with E-state index in [4.69, 9.17) is 11.6 Å². The van der Waals surface area contributed by atoms with Crippen LogP contribution in [-0.4, -0.2) is 27.3 Å². The van der Waals surface area contributed by atoms with Crippen LogP contribution in [0.15, 0.2) is 60.8 Å². The number of carbonyl (C=O) groups excluding carboxylic acids is 1. The Morgan fingerprint density at radius 2 is 2.04 bits per heavy atom. The molecule has 0 saturated heterocycles. The number of aliphatic hydroxyl groups excluding tert-OH is 1. The largest absolute Gasteiger partial charge is 0.387 e. The van der Waals surface area contributed by atoms with Crippen molar-refractivity contribution in [2.45, 2.75) is 6.10 Å². The highest BCUT2D eigenvalue weighted by Crippen LogP contribution is 2.19. The van der Waals surface area contributed by atoms with Crippen LogP contribution >= 0.6 is 11.6 Å². The predicted octanol–water partition coefficient (Wildman–Crippen LogP) is 3.13. The fraction of sp³-hybridized carbons (Fsp3) is 0.111. The minimum absolute atomic E-state index is 0.0543. The van der Waals surface area contributed by atoms with Crippen molar-refractivity contribution in [3.05, 3.63) is 82.9 Å². The summed E-state index contributed by atoms with van der Waals surface area (Å²) in [4.78, 5) is 12.2. The van der Waals surface area contributed by atoms with E-state index in [1.807, 2.05) is 6.07 Å². The Kier molecular flexibility index (Phi) is 5.11. The maximum absolute atomic E-state index is 13.2. The zero-order valence-corrected chi connectivity index (χ0v) is 13.8. The Hall–Kier alpha value is -2.70. The molecule has 1 heterocycles. The minimum Gasteiger partial charge on any atom is -0.387 e. The van der Waals surface area contributed by atoms with Crippen molar-refractivity contribution >= 4 is 17.5 Å². The highest BCUT2D eigenvalue weighted by atomic mass is 35.5. The molecule has 1 atom stereocenters. The van der Waals surface area contributed by atoms with Gasteiger partial charge in [0.15, 0.2) is 5.69 Å². The lowest BCUT2D eigenvalue weighted by Crippen LogP contribution is -2.28. The molecule has 0 fully saturated rings. The number of carbonyl (C=O) groups is 1. The first-order chi connectivity index (χ1) is 12.0. The van der Waals surface area contributed by atoms with E-state index in [1.165, 1.54) is 22.9 Å². The number of rotatable bonds is 5. The van der Waals surface area contributed by atoms with Crippen molar-refractivity contribution in [2.75, 3.05) is 6.54 Å². The summed E-state index contributed by atoms with van der Waals surface area (Å²) in [6.07, 6.45) is 0.615. The van der Waals surface area contributed by atoms with Crippen LogP contribution in [0.1, 0.15) is 22.2 Å². The van der Waals surface area contributed by atoms with Crippen molar-refractivity contribution in [1.29, 1.82) is 0 Å². The molecule has 0 saturated carbocycles. The number of halogens is 2. The summed E-state index contributed by atoms with van der Waals surface area (Å²) < 4.78 is 14.7. The molecule has 0 aliphatic rings. The van der Waals surface area contributed by atoms with Crippen LogP contribution in [0.4, 0.5) is 4.39 Å². The van der Waals surface area contributed by atoms with Crippen molar-refractivity contribution in [1.82, 2.24) is 15.1 Å². The molecule has 0 radical (unpaired) electrons. The molecule has 0 spiro atoms. The fourth-order valence-electron chi connectivity index (χ4n) is 2.33. The van der Waals surface area contributed by atoms with Gasteiger partial charge in [0.05, 0.1) is 16.8 Å². The Morgan fingerprint density at radius 1 is 1.24 bits per heavy atom. The summed E-state index contributed by atoms with van der Waals surface area (Å²) >= 11 is 6.11. The molecule has 3 aromatic rings. The summed E-state index contributed by atoms with van der Waals surface area (Å²) in [7, 11) is 0. The van der Waals surface area contributed by atoms with Crippen molar-refractivity contribution in [3.8, 4) is 5.69 Å². The molecule has 0 bridgehead atoms. The zero-order valence-electron chi connectivity index (χ0n) is 13.1. The van der Waals surface area contributed by atoms with E-state index in [0.29, 0.717) is 16.3 Å². The summed E-state index contributed by atoms with van der Waals surface area (Å²) in [5.41, 5.74) is 1.23. The van der Waals surface area contributed by atoms with E-state index in [2.05, 4.69) is 10.4 Å². The fourth-order valence-corrected chi connectivity index (χ4v) is 2.55. The van der Waals surface area contributed by atoms with Gasteiger partial charge in [0.25, 0.3) is 5.91 Å². The number of aromatic nitrogens is 2. The number of aliphatic hydroxyl groups is 1. The van der Waals surface area contributed by atoms with Gasteiger partial charge in [-0.25, -0.2) is 9.07 Å². The lowest BCUT2D eigenvalue weighted by Gasteiger charge is -2.11. The van der Waals surface area contributed by atoms with E-state index >= 15 is 0 Å². The third kappa shape index (κ3) is 4.04. The Bertz CT molecular complexity index is 897. The van der Waals surface area contributed by atoms with Gasteiger partial charge in [-0.3, -0.25) is 4.79 Å². The van der Waals surface area contributed by atoms with Crippen molar-refractivity contribution < 1.29 is 14.3 Å². The molecule has 1 amide bonds. The molecule has 5 nitrogen and oxygen atoms in total. The Morgan fingerprint density at radius 3 is 2.80 bits per heavy atom. The maximum Gasteiger partial charge on any atom is 0.271 e. The number of nitrogens with zero attached hydrogens (tertiary/aromatic N) is 2. The van der Waals surface area contributed by atoms with Gasteiger partial charge in [0.2, 0.25) is 0 Å². The minimum atomic E-state index is -1.01. The first-order valence-electron chi connectivity index (χ1n) is 7.57. The Labute approximate surface area is 148 Å². The van der Waals surface area contributed by atoms with Crippen LogP contribution in [0.2, 0.25) is 5.02 Å². The summed E-state index contributed by atoms with van der Waals surface area (Å²) in [5.74, 6) is -0.886. The van der Waals surface area contributed by atoms with Crippen LogP contribution < -0.4 is 5.32 Å². The first kappa shape index (κ1) is 17.1. The van der Waals surface area contributed by atoms with E-state index in [9.17, 15) is 14.3 Å². The summed E-state index contributed by atoms with van der Waals surface area (Å²) in [5, 5.41) is 17.3. The molecule has 7 heteroatoms. The van der Waals surface area contributed by atoms with Gasteiger partial charge in [-0.2, -0.15) is 5.10 Å². The summed E-state index contributed by atoms with van der Waals surface area (Å²) in [6, 6.07) is 14.3. The van der Waals surface area contributed by atoms with Gasteiger partial charge in [-0.1, -0.05) is 35.9 Å². The van der Waals surface area contributed by atoms with Crippen LogP contribution in [0.5, 0.6) is 0 Å². The molecular weight excluding hydrogens is 345 g/mol. The van der Waals surface area contributed by atoms with Gasteiger partial charge >= 0.3 is 0 Å². The average molecular weight is 360 g/mol. The number of para-hydroxylation sites is 1. The molecule has 128 valence electrons. The number of benzene rings is 2. The van der Waals surface area contributed by atoms with E-state index in [0.717, 1.165) is 0 Å². The Balaban J connectivity index is 1.65. The second-order valence-corrected chi connectivity index (χ2v) is 5.78. The van der Waals surface area contributed by atoms with Crippen molar-refractivity contribution in [3.63, 3.8) is 0 Å². The first-order valence-corrected chi connectivity index (χ1v) is 7.94. The van der Waals surface area contributed by atoms with Gasteiger partial charge in [-0.15, -0.1) is 0 Å². The monoisotopic (exact) mass is 359 g/mol.